The van der Waals surface area contributed by atoms with Crippen LogP contribution in [0.4, 0.5) is 0 Å². The minimum atomic E-state index is 0.365. The van der Waals surface area contributed by atoms with Gasteiger partial charge in [0.15, 0.2) is 0 Å². The van der Waals surface area contributed by atoms with Crippen LogP contribution in [0.2, 0.25) is 5.02 Å². The fraction of sp³-hybridized carbons (Fsp3) is 0.115. The number of rotatable bonds is 7. The summed E-state index contributed by atoms with van der Waals surface area (Å²) in [5, 5.41) is 0.620. The van der Waals surface area contributed by atoms with Crippen molar-refractivity contribution in [2.24, 2.45) is 0 Å². The quantitative estimate of drug-likeness (QED) is 0.328. The Kier molecular flexibility index (Phi) is 6.39. The first-order valence-corrected chi connectivity index (χ1v) is 10.2. The molecule has 0 N–H and O–H groups in total. The molecule has 0 amide bonds. The summed E-state index contributed by atoms with van der Waals surface area (Å²) in [6.07, 6.45) is 1.78. The minimum Gasteiger partial charge on any atom is -0.497 e. The summed E-state index contributed by atoms with van der Waals surface area (Å²) in [5.74, 6) is 2.22. The summed E-state index contributed by atoms with van der Waals surface area (Å²) in [5.41, 5.74) is 4.63. The number of pyridine rings is 1. The highest BCUT2D eigenvalue weighted by Crippen LogP contribution is 2.35. The van der Waals surface area contributed by atoms with Crippen LogP contribution in [-0.2, 0) is 6.61 Å². The molecular weight excluding hydrogens is 410 g/mol. The van der Waals surface area contributed by atoms with Crippen LogP contribution >= 0.6 is 11.6 Å². The van der Waals surface area contributed by atoms with E-state index in [1.54, 1.807) is 26.5 Å². The zero-order valence-corrected chi connectivity index (χ0v) is 18.1. The lowest BCUT2D eigenvalue weighted by atomic mass is 10.0. The van der Waals surface area contributed by atoms with E-state index in [1.165, 1.54) is 0 Å². The van der Waals surface area contributed by atoms with Crippen molar-refractivity contribution in [3.05, 3.63) is 95.6 Å². The smallest absolute Gasteiger partial charge is 0.129 e. The molecule has 0 radical (unpaired) electrons. The van der Waals surface area contributed by atoms with E-state index in [0.29, 0.717) is 11.6 Å². The summed E-state index contributed by atoms with van der Waals surface area (Å²) < 4.78 is 17.0. The number of para-hydroxylation sites is 1. The molecule has 3 aromatic carbocycles. The lowest BCUT2D eigenvalue weighted by molar-refractivity contribution is 0.298. The molecule has 0 spiro atoms. The van der Waals surface area contributed by atoms with Gasteiger partial charge >= 0.3 is 0 Å². The van der Waals surface area contributed by atoms with E-state index in [0.717, 1.165) is 45.2 Å². The maximum Gasteiger partial charge on any atom is 0.129 e. The van der Waals surface area contributed by atoms with Crippen LogP contribution in [0.5, 0.6) is 17.2 Å². The number of nitrogens with zero attached hydrogens (tertiary/aromatic N) is 1. The second kappa shape index (κ2) is 9.54. The van der Waals surface area contributed by atoms with Crippen molar-refractivity contribution < 1.29 is 14.2 Å². The third kappa shape index (κ3) is 4.65. The number of aromatic nitrogens is 1. The van der Waals surface area contributed by atoms with Gasteiger partial charge < -0.3 is 14.2 Å². The molecule has 31 heavy (non-hydrogen) atoms. The van der Waals surface area contributed by atoms with Crippen LogP contribution in [0.25, 0.3) is 22.4 Å². The van der Waals surface area contributed by atoms with Crippen LogP contribution in [0.15, 0.2) is 85.1 Å². The molecule has 4 aromatic rings. The second-order valence-corrected chi connectivity index (χ2v) is 7.28. The van der Waals surface area contributed by atoms with Crippen molar-refractivity contribution in [2.45, 2.75) is 6.61 Å². The minimum absolute atomic E-state index is 0.365. The van der Waals surface area contributed by atoms with E-state index in [1.807, 2.05) is 72.8 Å². The molecule has 0 atom stereocenters. The maximum absolute atomic E-state index is 6.44. The Bertz CT molecular complexity index is 1180. The maximum atomic E-state index is 6.44. The zero-order valence-electron chi connectivity index (χ0n) is 17.3. The first-order chi connectivity index (χ1) is 15.2. The van der Waals surface area contributed by atoms with Gasteiger partial charge in [-0.3, -0.25) is 4.98 Å². The molecule has 0 saturated carbocycles. The zero-order chi connectivity index (χ0) is 21.6. The van der Waals surface area contributed by atoms with Crippen LogP contribution < -0.4 is 14.2 Å². The Balaban J connectivity index is 1.58. The second-order valence-electron chi connectivity index (χ2n) is 6.87. The summed E-state index contributed by atoms with van der Waals surface area (Å²) in [7, 11) is 3.27. The monoisotopic (exact) mass is 431 g/mol. The predicted molar refractivity (Wildman–Crippen MR) is 124 cm³/mol. The normalized spacial score (nSPS) is 10.5. The molecule has 4 nitrogen and oxygen atoms in total. The number of ether oxygens (including phenoxy) is 3. The van der Waals surface area contributed by atoms with Crippen LogP contribution in [0.3, 0.4) is 0 Å². The molecule has 5 heteroatoms. The van der Waals surface area contributed by atoms with Crippen molar-refractivity contribution in [3.8, 4) is 39.6 Å². The van der Waals surface area contributed by atoms with Crippen molar-refractivity contribution >= 4 is 11.6 Å². The van der Waals surface area contributed by atoms with Gasteiger partial charge in [0.1, 0.15) is 23.9 Å². The fourth-order valence-electron chi connectivity index (χ4n) is 3.37. The molecule has 0 aliphatic heterocycles. The van der Waals surface area contributed by atoms with Crippen LogP contribution in [0.1, 0.15) is 5.56 Å². The van der Waals surface area contributed by atoms with Gasteiger partial charge in [0.2, 0.25) is 0 Å². The fourth-order valence-corrected chi connectivity index (χ4v) is 3.65. The number of hydrogen-bond donors (Lipinski definition) is 0. The summed E-state index contributed by atoms with van der Waals surface area (Å²) in [6.45, 7) is 0.365. The van der Waals surface area contributed by atoms with Gasteiger partial charge in [0.25, 0.3) is 0 Å². The van der Waals surface area contributed by atoms with E-state index >= 15 is 0 Å². The first-order valence-electron chi connectivity index (χ1n) is 9.83. The van der Waals surface area contributed by atoms with E-state index in [4.69, 9.17) is 25.8 Å². The van der Waals surface area contributed by atoms with Crippen molar-refractivity contribution in [1.82, 2.24) is 4.98 Å². The van der Waals surface area contributed by atoms with Gasteiger partial charge in [-0.2, -0.15) is 0 Å². The Morgan fingerprint density at radius 2 is 1.61 bits per heavy atom. The predicted octanol–water partition coefficient (Wildman–Crippen LogP) is 6.67. The summed E-state index contributed by atoms with van der Waals surface area (Å²) in [6, 6.07) is 25.3. The number of hydrogen-bond acceptors (Lipinski definition) is 4. The molecule has 0 bridgehead atoms. The Morgan fingerprint density at radius 3 is 2.35 bits per heavy atom. The molecule has 0 aliphatic carbocycles. The van der Waals surface area contributed by atoms with Crippen molar-refractivity contribution in [2.75, 3.05) is 14.2 Å². The lowest BCUT2D eigenvalue weighted by Gasteiger charge is -2.15. The number of halogens is 1. The third-order valence-corrected chi connectivity index (χ3v) is 5.30. The topological polar surface area (TPSA) is 40.6 Å². The molecule has 0 fully saturated rings. The van der Waals surface area contributed by atoms with Gasteiger partial charge in [0, 0.05) is 22.9 Å². The molecule has 4 rings (SSSR count). The van der Waals surface area contributed by atoms with Crippen LogP contribution in [0, 0.1) is 0 Å². The highest BCUT2D eigenvalue weighted by molar-refractivity contribution is 6.33. The summed E-state index contributed by atoms with van der Waals surface area (Å²) in [4.78, 5) is 4.44. The Hall–Kier alpha value is -3.50. The highest BCUT2D eigenvalue weighted by atomic mass is 35.5. The van der Waals surface area contributed by atoms with Crippen LogP contribution in [-0.4, -0.2) is 19.2 Å². The van der Waals surface area contributed by atoms with E-state index in [-0.39, 0.29) is 0 Å². The molecular formula is C26H22ClNO3. The number of methoxy groups -OCH3 is 2. The van der Waals surface area contributed by atoms with Gasteiger partial charge in [-0.1, -0.05) is 41.9 Å². The van der Waals surface area contributed by atoms with Gasteiger partial charge in [-0.25, -0.2) is 0 Å². The molecule has 0 saturated heterocycles. The van der Waals surface area contributed by atoms with E-state index < -0.39 is 0 Å². The molecule has 0 unspecified atom stereocenters. The largest absolute Gasteiger partial charge is 0.497 e. The van der Waals surface area contributed by atoms with Gasteiger partial charge in [-0.15, -0.1) is 0 Å². The molecule has 1 aromatic heterocycles. The average Bonchev–Trinajstić information content (AvgIpc) is 2.83. The Labute approximate surface area is 187 Å². The Morgan fingerprint density at radius 1 is 0.774 bits per heavy atom. The van der Waals surface area contributed by atoms with Gasteiger partial charge in [-0.05, 0) is 54.1 Å². The number of benzene rings is 3. The third-order valence-electron chi connectivity index (χ3n) is 4.99. The molecule has 156 valence electrons. The average molecular weight is 432 g/mol. The molecule has 1 heterocycles. The van der Waals surface area contributed by atoms with E-state index in [9.17, 15) is 0 Å². The first kappa shape index (κ1) is 20.8. The highest BCUT2D eigenvalue weighted by Gasteiger charge is 2.12. The summed E-state index contributed by atoms with van der Waals surface area (Å²) >= 11 is 6.44. The van der Waals surface area contributed by atoms with Gasteiger partial charge in [0.05, 0.1) is 24.9 Å². The van der Waals surface area contributed by atoms with Crippen molar-refractivity contribution in [1.29, 1.82) is 0 Å². The standard InChI is InChI=1S/C26H22ClNO3/c1-29-20-12-13-21(23(27)16-20)18-10-11-19(26(15-18)30-2)17-31-25-9-4-3-7-22(25)24-8-5-6-14-28-24/h3-16H,17H2,1-2H3. The SMILES string of the molecule is COc1ccc(-c2ccc(COc3ccccc3-c3ccccn3)c(OC)c2)c(Cl)c1. The molecule has 0 aliphatic rings. The van der Waals surface area contributed by atoms with E-state index in [2.05, 4.69) is 4.98 Å². The lowest BCUT2D eigenvalue weighted by Crippen LogP contribution is -2.00. The van der Waals surface area contributed by atoms with Crippen molar-refractivity contribution in [3.63, 3.8) is 0 Å².